The van der Waals surface area contributed by atoms with Gasteiger partial charge in [0.2, 0.25) is 0 Å². The summed E-state index contributed by atoms with van der Waals surface area (Å²) in [5.74, 6) is 0.697. The summed E-state index contributed by atoms with van der Waals surface area (Å²) in [6.07, 6.45) is 2.52. The summed E-state index contributed by atoms with van der Waals surface area (Å²) in [4.78, 5) is 15.4. The minimum Gasteiger partial charge on any atom is -0.351 e. The Hall–Kier alpha value is -2.90. The van der Waals surface area contributed by atoms with Gasteiger partial charge in [-0.1, -0.05) is 17.7 Å². The van der Waals surface area contributed by atoms with Gasteiger partial charge in [0.05, 0.1) is 11.0 Å². The van der Waals surface area contributed by atoms with E-state index in [0.29, 0.717) is 18.8 Å². The number of nitrogens with zero attached hydrogens (tertiary/aromatic N) is 5. The fraction of sp³-hybridized carbons (Fsp3) is 0.375. The minimum atomic E-state index is -0.0955. The van der Waals surface area contributed by atoms with E-state index in [1.165, 1.54) is 18.4 Å². The molecule has 1 fully saturated rings. The van der Waals surface area contributed by atoms with Crippen LogP contribution in [0.2, 0.25) is 5.02 Å². The summed E-state index contributed by atoms with van der Waals surface area (Å²) < 4.78 is 4.05. The number of nitrogens with one attached hydrogen (secondary N) is 1. The Morgan fingerprint density at radius 1 is 1.03 bits per heavy atom. The number of halogens is 1. The maximum atomic E-state index is 12.9. The van der Waals surface area contributed by atoms with Gasteiger partial charge in [0.25, 0.3) is 5.91 Å². The number of carbonyl (C=O) groups is 1. The lowest BCUT2D eigenvalue weighted by Gasteiger charge is -2.16. The second kappa shape index (κ2) is 8.56. The highest BCUT2D eigenvalue weighted by molar-refractivity contribution is 6.30. The van der Waals surface area contributed by atoms with Crippen molar-refractivity contribution in [1.29, 1.82) is 0 Å². The lowest BCUT2D eigenvalue weighted by molar-refractivity contribution is 0.0947. The summed E-state index contributed by atoms with van der Waals surface area (Å²) in [6.45, 7) is 8.15. The largest absolute Gasteiger partial charge is 0.351 e. The van der Waals surface area contributed by atoms with Gasteiger partial charge in [-0.2, -0.15) is 0 Å². The molecule has 0 spiro atoms. The second-order valence-corrected chi connectivity index (χ2v) is 8.91. The summed E-state index contributed by atoms with van der Waals surface area (Å²) in [6, 6.07) is 12.1. The molecule has 0 saturated carbocycles. The molecule has 0 aliphatic carbocycles. The molecular formula is C24H27ClN6O. The van der Waals surface area contributed by atoms with Crippen LogP contribution in [0.4, 0.5) is 0 Å². The van der Waals surface area contributed by atoms with Crippen molar-refractivity contribution in [2.24, 2.45) is 0 Å². The lowest BCUT2D eigenvalue weighted by atomic mass is 10.1. The highest BCUT2D eigenvalue weighted by Crippen LogP contribution is 2.26. The molecule has 32 heavy (non-hydrogen) atoms. The molecule has 0 bridgehead atoms. The number of rotatable bonds is 6. The number of fused-ring (bicyclic) bond motifs is 3. The van der Waals surface area contributed by atoms with Crippen molar-refractivity contribution in [3.05, 3.63) is 64.1 Å². The number of hydrogen-bond acceptors (Lipinski definition) is 4. The van der Waals surface area contributed by atoms with Crippen molar-refractivity contribution in [3.8, 4) is 0 Å². The Kier molecular flexibility index (Phi) is 5.61. The Morgan fingerprint density at radius 3 is 2.53 bits per heavy atom. The molecular weight excluding hydrogens is 424 g/mol. The normalized spacial score (nSPS) is 14.6. The summed E-state index contributed by atoms with van der Waals surface area (Å²) in [7, 11) is 0. The third-order valence-electron chi connectivity index (χ3n) is 6.13. The average Bonchev–Trinajstić information content (AvgIpc) is 3.48. The van der Waals surface area contributed by atoms with E-state index < -0.39 is 0 Å². The van der Waals surface area contributed by atoms with Gasteiger partial charge >= 0.3 is 0 Å². The number of amides is 1. The van der Waals surface area contributed by atoms with Gasteiger partial charge in [-0.15, -0.1) is 10.2 Å². The van der Waals surface area contributed by atoms with E-state index in [1.807, 2.05) is 48.6 Å². The zero-order chi connectivity index (χ0) is 22.2. The first-order valence-corrected chi connectivity index (χ1v) is 11.5. The summed E-state index contributed by atoms with van der Waals surface area (Å²) in [5, 5.41) is 12.1. The lowest BCUT2D eigenvalue weighted by Crippen LogP contribution is -2.25. The van der Waals surface area contributed by atoms with E-state index in [1.54, 1.807) is 0 Å². The molecule has 0 unspecified atom stereocenters. The van der Waals surface area contributed by atoms with Gasteiger partial charge in [-0.05, 0) is 81.2 Å². The van der Waals surface area contributed by atoms with Crippen molar-refractivity contribution in [2.45, 2.75) is 39.8 Å². The molecule has 1 aliphatic heterocycles. The van der Waals surface area contributed by atoms with Crippen LogP contribution in [0.5, 0.6) is 0 Å². The molecule has 166 valence electrons. The number of carbonyl (C=O) groups excluding carboxylic acids is 1. The molecule has 4 aromatic rings. The number of likely N-dealkylation sites (tertiary alicyclic amines) is 1. The first-order valence-electron chi connectivity index (χ1n) is 11.2. The van der Waals surface area contributed by atoms with Crippen LogP contribution in [0.15, 0.2) is 36.4 Å². The summed E-state index contributed by atoms with van der Waals surface area (Å²) in [5.41, 5.74) is 5.56. The highest BCUT2D eigenvalue weighted by atomic mass is 35.5. The number of hydrogen-bond donors (Lipinski definition) is 1. The highest BCUT2D eigenvalue weighted by Gasteiger charge is 2.19. The molecule has 3 aromatic heterocycles. The van der Waals surface area contributed by atoms with E-state index >= 15 is 0 Å². The van der Waals surface area contributed by atoms with Crippen molar-refractivity contribution < 1.29 is 4.79 Å². The number of aromatic nitrogens is 4. The van der Waals surface area contributed by atoms with Crippen molar-refractivity contribution in [3.63, 3.8) is 0 Å². The average molecular weight is 451 g/mol. The van der Waals surface area contributed by atoms with Crippen LogP contribution in [0.25, 0.3) is 16.7 Å². The Morgan fingerprint density at radius 2 is 1.78 bits per heavy atom. The van der Waals surface area contributed by atoms with E-state index in [-0.39, 0.29) is 5.91 Å². The smallest absolute Gasteiger partial charge is 0.268 e. The van der Waals surface area contributed by atoms with E-state index in [2.05, 4.69) is 31.0 Å². The van der Waals surface area contributed by atoms with Crippen LogP contribution in [0.3, 0.4) is 0 Å². The first-order chi connectivity index (χ1) is 15.5. The van der Waals surface area contributed by atoms with Crippen LogP contribution in [0.1, 0.15) is 47.2 Å². The standard InChI is InChI=1S/C24H27ClN6O/c1-3-26-24(32)22-13-21-20(6-7-23-28-27-16(2)31(21)23)30(22)15-18-10-17(11-19(25)12-18)14-29-8-4-5-9-29/h6-7,10-13H,3-5,8-9,14-15H2,1-2H3,(H,26,32). The molecule has 0 atom stereocenters. The molecule has 1 amide bonds. The zero-order valence-electron chi connectivity index (χ0n) is 18.4. The van der Waals surface area contributed by atoms with Gasteiger partial charge in [0, 0.05) is 24.7 Å². The topological polar surface area (TPSA) is 67.5 Å². The first kappa shape index (κ1) is 21.0. The van der Waals surface area contributed by atoms with Crippen molar-refractivity contribution >= 4 is 34.2 Å². The van der Waals surface area contributed by atoms with Crippen LogP contribution in [0, 0.1) is 6.92 Å². The number of benzene rings is 1. The maximum absolute atomic E-state index is 12.9. The predicted molar refractivity (Wildman–Crippen MR) is 126 cm³/mol. The SMILES string of the molecule is CCNC(=O)c1cc2c(ccc3nnc(C)n32)n1Cc1cc(Cl)cc(CN2CCCC2)c1. The fourth-order valence-electron chi connectivity index (χ4n) is 4.73. The molecule has 1 aliphatic rings. The van der Waals surface area contributed by atoms with Gasteiger partial charge in [0.1, 0.15) is 11.5 Å². The quantitative estimate of drug-likeness (QED) is 0.481. The van der Waals surface area contributed by atoms with Crippen molar-refractivity contribution in [2.75, 3.05) is 19.6 Å². The molecule has 1 aromatic carbocycles. The Balaban J connectivity index is 1.59. The molecule has 7 nitrogen and oxygen atoms in total. The predicted octanol–water partition coefficient (Wildman–Crippen LogP) is 4.04. The van der Waals surface area contributed by atoms with Gasteiger partial charge in [-0.3, -0.25) is 14.1 Å². The molecule has 8 heteroatoms. The van der Waals surface area contributed by atoms with Gasteiger partial charge in [0.15, 0.2) is 5.65 Å². The minimum absolute atomic E-state index is 0.0955. The van der Waals surface area contributed by atoms with Crippen LogP contribution < -0.4 is 5.32 Å². The summed E-state index contributed by atoms with van der Waals surface area (Å²) >= 11 is 6.50. The molecule has 4 heterocycles. The van der Waals surface area contributed by atoms with E-state index in [9.17, 15) is 4.79 Å². The Labute approximate surface area is 192 Å². The van der Waals surface area contributed by atoms with Gasteiger partial charge in [-0.25, -0.2) is 0 Å². The third-order valence-corrected chi connectivity index (χ3v) is 6.35. The maximum Gasteiger partial charge on any atom is 0.268 e. The van der Waals surface area contributed by atoms with Crippen LogP contribution in [-0.4, -0.2) is 49.6 Å². The van der Waals surface area contributed by atoms with Gasteiger partial charge < -0.3 is 9.88 Å². The third kappa shape index (κ3) is 3.87. The second-order valence-electron chi connectivity index (χ2n) is 8.47. The fourth-order valence-corrected chi connectivity index (χ4v) is 5.01. The zero-order valence-corrected chi connectivity index (χ0v) is 19.2. The van der Waals surface area contributed by atoms with E-state index in [0.717, 1.165) is 52.7 Å². The number of aryl methyl sites for hydroxylation is 1. The molecule has 1 N–H and O–H groups in total. The van der Waals surface area contributed by atoms with Crippen molar-refractivity contribution in [1.82, 2.24) is 29.4 Å². The van der Waals surface area contributed by atoms with Crippen LogP contribution in [-0.2, 0) is 13.1 Å². The molecule has 0 radical (unpaired) electrons. The van der Waals surface area contributed by atoms with Crippen LogP contribution >= 0.6 is 11.6 Å². The molecule has 5 rings (SSSR count). The molecule has 1 saturated heterocycles. The number of pyridine rings is 1. The monoisotopic (exact) mass is 450 g/mol. The van der Waals surface area contributed by atoms with E-state index in [4.69, 9.17) is 11.6 Å². The Bertz CT molecular complexity index is 1300.